The molecule has 0 N–H and O–H groups in total. The number of carbonyl (C=O) groups is 1. The summed E-state index contributed by atoms with van der Waals surface area (Å²) in [5.74, 6) is -1.31. The maximum absolute atomic E-state index is 15.3. The monoisotopic (exact) mass is 593 g/mol. The number of ether oxygens (including phenoxy) is 2. The zero-order valence-electron chi connectivity index (χ0n) is 23.9. The SMILES string of the molecule is C[C@H]1CCCN(c2nc(-c3cc(-c4ccon4)n(Cc4ccccc4F)n3)ncc2F)[C@@H]1C(=O)OCCN1CCOCC1. The summed E-state index contributed by atoms with van der Waals surface area (Å²) in [4.78, 5) is 26.0. The molecular weight excluding hydrogens is 560 g/mol. The lowest BCUT2D eigenvalue weighted by atomic mass is 9.90. The highest BCUT2D eigenvalue weighted by Gasteiger charge is 2.38. The number of piperidine rings is 1. The maximum Gasteiger partial charge on any atom is 0.329 e. The van der Waals surface area contributed by atoms with Crippen molar-refractivity contribution in [3.05, 3.63) is 66.1 Å². The minimum atomic E-state index is -0.694. The first-order valence-electron chi connectivity index (χ1n) is 14.5. The van der Waals surface area contributed by atoms with Gasteiger partial charge in [-0.1, -0.05) is 30.3 Å². The second-order valence-electron chi connectivity index (χ2n) is 10.8. The largest absolute Gasteiger partial charge is 0.463 e. The molecule has 0 aliphatic carbocycles. The third-order valence-electron chi connectivity index (χ3n) is 7.92. The maximum atomic E-state index is 15.3. The highest BCUT2D eigenvalue weighted by Crippen LogP contribution is 2.32. The molecule has 13 heteroatoms. The van der Waals surface area contributed by atoms with E-state index in [0.717, 1.165) is 32.1 Å². The number of anilines is 1. The van der Waals surface area contributed by atoms with E-state index in [2.05, 4.69) is 25.1 Å². The fourth-order valence-electron chi connectivity index (χ4n) is 5.64. The molecule has 0 bridgehead atoms. The third-order valence-corrected chi connectivity index (χ3v) is 7.92. The van der Waals surface area contributed by atoms with Gasteiger partial charge in [-0.05, 0) is 30.9 Å². The van der Waals surface area contributed by atoms with Gasteiger partial charge in [0.1, 0.15) is 36.1 Å². The highest BCUT2D eigenvalue weighted by atomic mass is 19.1. The van der Waals surface area contributed by atoms with Crippen LogP contribution in [-0.4, -0.2) is 87.8 Å². The molecule has 2 fully saturated rings. The number of nitrogens with zero attached hydrogens (tertiary/aromatic N) is 7. The molecule has 2 aliphatic rings. The molecule has 0 saturated carbocycles. The number of carbonyl (C=O) groups excluding carboxylic acids is 1. The molecule has 0 spiro atoms. The third kappa shape index (κ3) is 6.42. The fraction of sp³-hybridized carbons (Fsp3) is 0.433. The van der Waals surface area contributed by atoms with Crippen molar-refractivity contribution in [1.29, 1.82) is 0 Å². The second-order valence-corrected chi connectivity index (χ2v) is 10.8. The van der Waals surface area contributed by atoms with Gasteiger partial charge in [0, 0.05) is 37.8 Å². The van der Waals surface area contributed by atoms with Crippen molar-refractivity contribution < 1.29 is 27.6 Å². The number of halogens is 2. The Bertz CT molecular complexity index is 1540. The lowest BCUT2D eigenvalue weighted by Gasteiger charge is -2.39. The van der Waals surface area contributed by atoms with Crippen LogP contribution in [0, 0.1) is 17.6 Å². The van der Waals surface area contributed by atoms with E-state index < -0.39 is 17.8 Å². The average molecular weight is 594 g/mol. The van der Waals surface area contributed by atoms with E-state index in [1.807, 2.05) is 6.92 Å². The Morgan fingerprint density at radius 2 is 1.93 bits per heavy atom. The van der Waals surface area contributed by atoms with Crippen LogP contribution in [0.1, 0.15) is 25.3 Å². The van der Waals surface area contributed by atoms with Crippen LogP contribution < -0.4 is 4.90 Å². The number of rotatable bonds is 9. The highest BCUT2D eigenvalue weighted by molar-refractivity contribution is 5.80. The summed E-state index contributed by atoms with van der Waals surface area (Å²) < 4.78 is 47.5. The summed E-state index contributed by atoms with van der Waals surface area (Å²) in [5, 5.41) is 8.66. The molecule has 3 aromatic heterocycles. The van der Waals surface area contributed by atoms with Gasteiger partial charge in [0.15, 0.2) is 17.5 Å². The van der Waals surface area contributed by atoms with E-state index in [4.69, 9.17) is 14.0 Å². The topological polar surface area (TPSA) is 112 Å². The molecule has 4 aromatic rings. The summed E-state index contributed by atoms with van der Waals surface area (Å²) >= 11 is 0. The van der Waals surface area contributed by atoms with Crippen molar-refractivity contribution in [3.8, 4) is 22.9 Å². The molecular formula is C30H33F2N7O4. The molecule has 1 aromatic carbocycles. The quantitative estimate of drug-likeness (QED) is 0.266. The second kappa shape index (κ2) is 13.0. The summed E-state index contributed by atoms with van der Waals surface area (Å²) in [6.45, 7) is 6.31. The Hall–Kier alpha value is -4.23. The molecule has 11 nitrogen and oxygen atoms in total. The molecule has 2 saturated heterocycles. The fourth-order valence-corrected chi connectivity index (χ4v) is 5.64. The standard InChI is InChI=1S/C30H33F2N7O4/c1-20-5-4-9-38(27(20)30(40)42-16-12-37-10-14-41-15-11-37)29-23(32)18-33-28(34-29)25-17-26(24-8-13-43-36-24)39(35-25)19-21-6-2-3-7-22(21)31/h2-3,6-8,13,17-18,20,27H,4-5,9-12,14-16,19H2,1H3/t20-,27-/m0/s1. The van der Waals surface area contributed by atoms with Crippen LogP contribution in [0.2, 0.25) is 0 Å². The molecule has 2 aliphatic heterocycles. The molecule has 43 heavy (non-hydrogen) atoms. The lowest BCUT2D eigenvalue weighted by Crippen LogP contribution is -2.51. The van der Waals surface area contributed by atoms with E-state index in [1.54, 1.807) is 39.9 Å². The lowest BCUT2D eigenvalue weighted by molar-refractivity contribution is -0.147. The van der Waals surface area contributed by atoms with Gasteiger partial charge >= 0.3 is 5.97 Å². The molecule has 0 amide bonds. The van der Waals surface area contributed by atoms with Crippen LogP contribution in [0.4, 0.5) is 14.6 Å². The van der Waals surface area contributed by atoms with Gasteiger partial charge in [-0.2, -0.15) is 5.10 Å². The van der Waals surface area contributed by atoms with Crippen LogP contribution >= 0.6 is 0 Å². The van der Waals surface area contributed by atoms with Crippen molar-refractivity contribution in [3.63, 3.8) is 0 Å². The number of benzene rings is 1. The Kier molecular flexibility index (Phi) is 8.70. The summed E-state index contributed by atoms with van der Waals surface area (Å²) in [6.07, 6.45) is 4.09. The first kappa shape index (κ1) is 28.9. The average Bonchev–Trinajstić information content (AvgIpc) is 3.69. The smallest absolute Gasteiger partial charge is 0.329 e. The van der Waals surface area contributed by atoms with E-state index in [0.29, 0.717) is 48.9 Å². The van der Waals surface area contributed by atoms with Crippen LogP contribution in [0.25, 0.3) is 22.9 Å². The van der Waals surface area contributed by atoms with Crippen molar-refractivity contribution in [2.45, 2.75) is 32.4 Å². The molecule has 2 atom stereocenters. The van der Waals surface area contributed by atoms with Gasteiger partial charge in [-0.15, -0.1) is 0 Å². The Balaban J connectivity index is 1.27. The van der Waals surface area contributed by atoms with E-state index >= 15 is 4.39 Å². The minimum absolute atomic E-state index is 0.0123. The normalized spacial score (nSPS) is 19.5. The number of esters is 1. The molecule has 0 radical (unpaired) electrons. The van der Waals surface area contributed by atoms with Crippen LogP contribution in [0.15, 0.2) is 53.4 Å². The van der Waals surface area contributed by atoms with Crippen molar-refractivity contribution in [2.75, 3.05) is 50.9 Å². The zero-order valence-corrected chi connectivity index (χ0v) is 23.9. The van der Waals surface area contributed by atoms with Crippen LogP contribution in [0.3, 0.4) is 0 Å². The number of aromatic nitrogens is 5. The number of morpholine rings is 1. The predicted molar refractivity (Wildman–Crippen MR) is 152 cm³/mol. The Morgan fingerprint density at radius 1 is 1.09 bits per heavy atom. The number of hydrogen-bond acceptors (Lipinski definition) is 10. The molecule has 0 unspecified atom stereocenters. The minimum Gasteiger partial charge on any atom is -0.463 e. The van der Waals surface area contributed by atoms with Crippen molar-refractivity contribution in [1.82, 2.24) is 29.8 Å². The van der Waals surface area contributed by atoms with Gasteiger partial charge in [0.05, 0.1) is 31.6 Å². The van der Waals surface area contributed by atoms with E-state index in [9.17, 15) is 9.18 Å². The van der Waals surface area contributed by atoms with Gasteiger partial charge in [0.2, 0.25) is 0 Å². The van der Waals surface area contributed by atoms with Gasteiger partial charge in [-0.25, -0.2) is 23.5 Å². The van der Waals surface area contributed by atoms with Gasteiger partial charge in [-0.3, -0.25) is 9.58 Å². The van der Waals surface area contributed by atoms with Gasteiger partial charge < -0.3 is 18.9 Å². The van der Waals surface area contributed by atoms with Crippen molar-refractivity contribution >= 4 is 11.8 Å². The predicted octanol–water partition coefficient (Wildman–Crippen LogP) is 3.80. The van der Waals surface area contributed by atoms with E-state index in [-0.39, 0.29) is 36.5 Å². The van der Waals surface area contributed by atoms with Crippen LogP contribution in [-0.2, 0) is 20.8 Å². The molecule has 5 heterocycles. The molecule has 226 valence electrons. The van der Waals surface area contributed by atoms with Crippen LogP contribution in [0.5, 0.6) is 0 Å². The first-order valence-corrected chi connectivity index (χ1v) is 14.5. The summed E-state index contributed by atoms with van der Waals surface area (Å²) in [6, 6.07) is 9.10. The van der Waals surface area contributed by atoms with Crippen molar-refractivity contribution in [2.24, 2.45) is 5.92 Å². The van der Waals surface area contributed by atoms with E-state index in [1.165, 1.54) is 12.3 Å². The zero-order chi connectivity index (χ0) is 29.8. The molecule has 6 rings (SSSR count). The van der Waals surface area contributed by atoms with Gasteiger partial charge in [0.25, 0.3) is 0 Å². The Labute approximate surface area is 247 Å². The first-order chi connectivity index (χ1) is 21.0. The summed E-state index contributed by atoms with van der Waals surface area (Å²) in [5.41, 5.74) is 1.81. The summed E-state index contributed by atoms with van der Waals surface area (Å²) in [7, 11) is 0. The Morgan fingerprint density at radius 3 is 2.72 bits per heavy atom. The number of hydrogen-bond donors (Lipinski definition) is 0.